The molecule has 3 fully saturated rings. The van der Waals surface area contributed by atoms with Crippen molar-refractivity contribution in [1.82, 2.24) is 30.0 Å². The number of fused-ring (bicyclic) bond motifs is 4. The Morgan fingerprint density at radius 2 is 1.68 bits per heavy atom. The molecule has 5 heterocycles. The first-order valence-electron chi connectivity index (χ1n) is 27.2. The van der Waals surface area contributed by atoms with Crippen LogP contribution in [-0.4, -0.2) is 123 Å². The molecule has 14 nitrogen and oxygen atoms in total. The summed E-state index contributed by atoms with van der Waals surface area (Å²) in [5.74, 6) is -1.06. The van der Waals surface area contributed by atoms with Crippen LogP contribution in [0.5, 0.6) is 0 Å². The van der Waals surface area contributed by atoms with Gasteiger partial charge in [0, 0.05) is 123 Å². The van der Waals surface area contributed by atoms with E-state index >= 15 is 0 Å². The maximum absolute atomic E-state index is 14.2. The van der Waals surface area contributed by atoms with Crippen LogP contribution in [0.15, 0.2) is 60.1 Å². The van der Waals surface area contributed by atoms with Crippen LogP contribution in [0, 0.1) is 24.8 Å². The smallest absolute Gasteiger partial charge is 0.243 e. The van der Waals surface area contributed by atoms with Gasteiger partial charge in [0.15, 0.2) is 11.5 Å². The van der Waals surface area contributed by atoms with Crippen molar-refractivity contribution in [2.75, 3.05) is 50.7 Å². The van der Waals surface area contributed by atoms with E-state index in [2.05, 4.69) is 62.8 Å². The lowest BCUT2D eigenvalue weighted by Gasteiger charge is -2.44. The number of nitrogens with one attached hydrogen (secondary N) is 2. The van der Waals surface area contributed by atoms with E-state index < -0.39 is 28.9 Å². The summed E-state index contributed by atoms with van der Waals surface area (Å²) < 4.78 is 0. The number of aliphatic hydroxyl groups excluding tert-OH is 1. The van der Waals surface area contributed by atoms with E-state index in [0.717, 1.165) is 107 Å². The quantitative estimate of drug-likeness (QED) is 0.0645. The fourth-order valence-electron chi connectivity index (χ4n) is 12.1. The number of β-amino-alcohol motifs (C(OH)–C–C–N with tert-alkyl or cyclic N) is 1. The SMILES string of the molecule is [C-]#[N+]c1ccc2c3c([nH]c2c1)C(C)(C)c1cc(N2CCC(N4CCN(C(=O)CCCCCC(=O)C[C@H](C(=O)N5C[C@H](O)C[C@H]5C(=O)NCc5ccc(-c6scnc6C)cc5)C(C)(C)C)CC4)CC2)c(CC)cc1C3=O. The number of ketones is 2. The van der Waals surface area contributed by atoms with Gasteiger partial charge in [0.05, 0.1) is 34.3 Å². The summed E-state index contributed by atoms with van der Waals surface area (Å²) in [5, 5.41) is 14.5. The van der Waals surface area contributed by atoms with Crippen molar-refractivity contribution < 1.29 is 29.1 Å². The van der Waals surface area contributed by atoms with Gasteiger partial charge in [0.25, 0.3) is 0 Å². The first kappa shape index (κ1) is 53.6. The maximum Gasteiger partial charge on any atom is 0.243 e. The number of aryl methyl sites for hydroxylation is 2. The van der Waals surface area contributed by atoms with Crippen molar-refractivity contribution in [2.45, 2.75) is 143 Å². The molecule has 3 N–H and O–H groups in total. The van der Waals surface area contributed by atoms with Gasteiger partial charge in [0.1, 0.15) is 11.8 Å². The van der Waals surface area contributed by atoms with Crippen LogP contribution in [0.2, 0.25) is 0 Å². The topological polar surface area (TPSA) is 164 Å². The minimum absolute atomic E-state index is 0.00863. The minimum Gasteiger partial charge on any atom is -0.391 e. The zero-order valence-corrected chi connectivity index (χ0v) is 45.7. The second-order valence-corrected chi connectivity index (χ2v) is 23.8. The number of hydrogen-bond donors (Lipinski definition) is 3. The zero-order valence-electron chi connectivity index (χ0n) is 44.9. The summed E-state index contributed by atoms with van der Waals surface area (Å²) in [6.45, 7) is 27.1. The summed E-state index contributed by atoms with van der Waals surface area (Å²) in [6.07, 6.45) is 5.10. The first-order chi connectivity index (χ1) is 35.9. The number of hydrogen-bond acceptors (Lipinski definition) is 10. The number of aromatic amines is 1. The number of piperidine rings is 1. The van der Waals surface area contributed by atoms with E-state index in [4.69, 9.17) is 6.57 Å². The van der Waals surface area contributed by atoms with E-state index in [-0.39, 0.29) is 55.2 Å². The number of likely N-dealkylation sites (tertiary alicyclic amines) is 1. The van der Waals surface area contributed by atoms with Crippen molar-refractivity contribution in [3.63, 3.8) is 0 Å². The molecule has 3 amide bonds. The van der Waals surface area contributed by atoms with Gasteiger partial charge in [-0.15, -0.1) is 11.3 Å². The van der Waals surface area contributed by atoms with E-state index in [0.29, 0.717) is 50.5 Å². The third kappa shape index (κ3) is 11.2. The highest BCUT2D eigenvalue weighted by Crippen LogP contribution is 2.46. The van der Waals surface area contributed by atoms with Gasteiger partial charge >= 0.3 is 0 Å². The average Bonchev–Trinajstić information content (AvgIpc) is 4.14. The molecule has 3 aromatic carbocycles. The number of Topliss-reactive ketones (excluding diaryl/α,β-unsaturated/α-hetero) is 1. The van der Waals surface area contributed by atoms with Crippen molar-refractivity contribution in [3.05, 3.63) is 111 Å². The second-order valence-electron chi connectivity index (χ2n) is 23.0. The Balaban J connectivity index is 0.701. The van der Waals surface area contributed by atoms with E-state index in [1.165, 1.54) is 16.2 Å². The molecule has 9 rings (SSSR count). The molecular formula is C60H74N8O6S. The third-order valence-corrected chi connectivity index (χ3v) is 17.7. The van der Waals surface area contributed by atoms with E-state index in [1.807, 2.05) is 74.5 Å². The Morgan fingerprint density at radius 1 is 0.960 bits per heavy atom. The summed E-state index contributed by atoms with van der Waals surface area (Å²) >= 11 is 1.58. The predicted octanol–water partition coefficient (Wildman–Crippen LogP) is 9.55. The number of thiazole rings is 1. The number of rotatable bonds is 16. The molecule has 1 aliphatic carbocycles. The molecule has 2 aromatic heterocycles. The maximum atomic E-state index is 14.2. The number of piperazine rings is 1. The summed E-state index contributed by atoms with van der Waals surface area (Å²) in [5.41, 5.74) is 11.0. The average molecular weight is 1040 g/mol. The highest BCUT2D eigenvalue weighted by molar-refractivity contribution is 7.13. The minimum atomic E-state index is -0.828. The number of nitrogens with zero attached hydrogens (tertiary/aromatic N) is 6. The van der Waals surface area contributed by atoms with Crippen LogP contribution in [0.1, 0.15) is 143 Å². The number of amides is 3. The van der Waals surface area contributed by atoms with Gasteiger partial charge in [-0.2, -0.15) is 0 Å². The van der Waals surface area contributed by atoms with Gasteiger partial charge < -0.3 is 30.1 Å². The Hall–Kier alpha value is -6.21. The molecule has 396 valence electrons. The number of benzene rings is 3. The standard InChI is InChI=1S/C60H74N8O6S/c1-9-39-29-46-47(60(6,7)56-53(54(46)72)45-20-19-41(61-8)30-49(45)64-56)33-50(39)66-23-21-42(22-24-66)65-25-27-67(28-26-65)52(71)14-12-10-11-13-43(69)31-48(59(3,4)5)58(74)68-35-44(70)32-51(68)57(73)62-34-38-15-17-40(18-16-38)55-37(2)63-36-75-55/h15-20,29-30,33,36,42,44,48,51,64,70H,9-14,21-28,31-32,34-35H2,1-7H3,(H,62,73)/t44-,48-,51+/m1/s1. The molecule has 15 heteroatoms. The monoisotopic (exact) mass is 1030 g/mol. The van der Waals surface area contributed by atoms with Crippen molar-refractivity contribution in [1.29, 1.82) is 0 Å². The van der Waals surface area contributed by atoms with Gasteiger partial charge in [-0.25, -0.2) is 9.83 Å². The van der Waals surface area contributed by atoms with Crippen LogP contribution < -0.4 is 10.2 Å². The number of H-pyrrole nitrogens is 1. The molecule has 75 heavy (non-hydrogen) atoms. The molecule has 0 bridgehead atoms. The Bertz CT molecular complexity index is 3000. The first-order valence-corrected chi connectivity index (χ1v) is 28.0. The normalized spacial score (nSPS) is 19.5. The van der Waals surface area contributed by atoms with Crippen LogP contribution in [0.4, 0.5) is 11.4 Å². The molecule has 5 aromatic rings. The molecule has 3 aliphatic heterocycles. The van der Waals surface area contributed by atoms with Gasteiger partial charge in [-0.1, -0.05) is 84.4 Å². The van der Waals surface area contributed by atoms with Crippen molar-refractivity contribution >= 4 is 62.9 Å². The molecule has 3 atom stereocenters. The number of anilines is 1. The fraction of sp³-hybridized carbons (Fsp3) is 0.517. The Kier molecular flexibility index (Phi) is 15.8. The molecular weight excluding hydrogens is 961 g/mol. The molecule has 0 spiro atoms. The Morgan fingerprint density at radius 3 is 2.35 bits per heavy atom. The lowest BCUT2D eigenvalue weighted by atomic mass is 9.70. The van der Waals surface area contributed by atoms with Crippen molar-refractivity contribution in [2.24, 2.45) is 11.3 Å². The predicted molar refractivity (Wildman–Crippen MR) is 295 cm³/mol. The highest BCUT2D eigenvalue weighted by atomic mass is 32.1. The highest BCUT2D eigenvalue weighted by Gasteiger charge is 2.45. The van der Waals surface area contributed by atoms with Gasteiger partial charge in [-0.3, -0.25) is 28.9 Å². The van der Waals surface area contributed by atoms with Gasteiger partial charge in [0.2, 0.25) is 17.7 Å². The Labute approximate surface area is 446 Å². The van der Waals surface area contributed by atoms with E-state index in [9.17, 15) is 29.1 Å². The fourth-order valence-corrected chi connectivity index (χ4v) is 13.0. The number of aromatic nitrogens is 2. The molecule has 0 unspecified atom stereocenters. The van der Waals surface area contributed by atoms with Crippen LogP contribution in [-0.2, 0) is 37.6 Å². The third-order valence-electron chi connectivity index (χ3n) is 16.7. The second kappa shape index (κ2) is 22.2. The number of unbranched alkanes of at least 4 members (excludes halogenated alkanes) is 2. The zero-order chi connectivity index (χ0) is 53.3. The molecule has 0 saturated carbocycles. The lowest BCUT2D eigenvalue weighted by molar-refractivity contribution is -0.146. The number of carbonyl (C=O) groups excluding carboxylic acids is 5. The van der Waals surface area contributed by atoms with Crippen LogP contribution >= 0.6 is 11.3 Å². The van der Waals surface area contributed by atoms with Gasteiger partial charge in [-0.05, 0) is 84.9 Å². The van der Waals surface area contributed by atoms with Crippen LogP contribution in [0.3, 0.4) is 0 Å². The summed E-state index contributed by atoms with van der Waals surface area (Å²) in [4.78, 5) is 89.9. The molecule has 4 aliphatic rings. The summed E-state index contributed by atoms with van der Waals surface area (Å²) in [7, 11) is 0. The van der Waals surface area contributed by atoms with Crippen molar-refractivity contribution in [3.8, 4) is 10.4 Å². The van der Waals surface area contributed by atoms with E-state index in [1.54, 1.807) is 17.4 Å². The molecule has 0 radical (unpaired) electrons. The summed E-state index contributed by atoms with van der Waals surface area (Å²) in [6, 6.07) is 17.5. The largest absolute Gasteiger partial charge is 0.391 e. The number of aliphatic hydroxyl groups is 1. The molecule has 3 saturated heterocycles. The lowest BCUT2D eigenvalue weighted by Crippen LogP contribution is -2.54. The van der Waals surface area contributed by atoms with Crippen LogP contribution in [0.25, 0.3) is 26.2 Å². The number of carbonyl (C=O) groups is 5.